The Morgan fingerprint density at radius 3 is 2.95 bits per heavy atom. The van der Waals surface area contributed by atoms with Crippen LogP contribution in [0.2, 0.25) is 5.02 Å². The van der Waals surface area contributed by atoms with Crippen molar-refractivity contribution in [3.05, 3.63) is 40.5 Å². The van der Waals surface area contributed by atoms with E-state index in [1.54, 1.807) is 32.2 Å². The van der Waals surface area contributed by atoms with Gasteiger partial charge in [-0.1, -0.05) is 16.8 Å². The molecule has 0 N–H and O–H groups in total. The quantitative estimate of drug-likeness (QED) is 0.843. The molecule has 0 aliphatic rings. The van der Waals surface area contributed by atoms with Crippen LogP contribution >= 0.6 is 11.6 Å². The molecule has 1 aromatic heterocycles. The Morgan fingerprint density at radius 1 is 1.50 bits per heavy atom. The minimum Gasteiger partial charge on any atom is -0.481 e. The first-order valence-corrected chi connectivity index (χ1v) is 6.19. The zero-order valence-electron chi connectivity index (χ0n) is 11.0. The topological polar surface area (TPSA) is 81.2 Å². The summed E-state index contributed by atoms with van der Waals surface area (Å²) in [4.78, 5) is 4.14. The van der Waals surface area contributed by atoms with Gasteiger partial charge in [-0.3, -0.25) is 0 Å². The van der Waals surface area contributed by atoms with Gasteiger partial charge in [-0.15, -0.1) is 0 Å². The van der Waals surface area contributed by atoms with Crippen LogP contribution in [-0.2, 0) is 11.3 Å². The van der Waals surface area contributed by atoms with E-state index >= 15 is 0 Å². The van der Waals surface area contributed by atoms with Crippen LogP contribution in [0.4, 0.5) is 0 Å². The van der Waals surface area contributed by atoms with Gasteiger partial charge < -0.3 is 14.0 Å². The summed E-state index contributed by atoms with van der Waals surface area (Å²) in [6.07, 6.45) is -0.433. The highest BCUT2D eigenvalue weighted by molar-refractivity contribution is 6.31. The number of hydrogen-bond acceptors (Lipinski definition) is 6. The Hall–Kier alpha value is -2.10. The van der Waals surface area contributed by atoms with Crippen LogP contribution in [-0.4, -0.2) is 17.3 Å². The van der Waals surface area contributed by atoms with Crippen LogP contribution in [0, 0.1) is 11.3 Å². The highest BCUT2D eigenvalue weighted by atomic mass is 35.5. The zero-order chi connectivity index (χ0) is 14.5. The highest BCUT2D eigenvalue weighted by Crippen LogP contribution is 2.25. The lowest BCUT2D eigenvalue weighted by Gasteiger charge is -2.11. The summed E-state index contributed by atoms with van der Waals surface area (Å²) in [7, 11) is 1.55. The molecule has 0 saturated heterocycles. The molecule has 20 heavy (non-hydrogen) atoms. The second-order valence-corrected chi connectivity index (χ2v) is 4.40. The Kier molecular flexibility index (Phi) is 4.56. The first-order chi connectivity index (χ1) is 9.63. The standard InChI is InChI=1S/C13H12ClN3O3/c1-8(13-16-12(7-18-2)17-20-13)19-10-4-3-9(6-15)11(14)5-10/h3-5,8H,7H2,1-2H3/t8-/m0/s1. The van der Waals surface area contributed by atoms with Crippen molar-refractivity contribution < 1.29 is 14.0 Å². The van der Waals surface area contributed by atoms with E-state index in [-0.39, 0.29) is 6.61 Å². The Balaban J connectivity index is 2.08. The number of methoxy groups -OCH3 is 1. The molecular formula is C13H12ClN3O3. The molecule has 0 radical (unpaired) electrons. The number of benzene rings is 1. The Morgan fingerprint density at radius 2 is 2.30 bits per heavy atom. The van der Waals surface area contributed by atoms with Gasteiger partial charge in [0.2, 0.25) is 0 Å². The summed E-state index contributed by atoms with van der Waals surface area (Å²) in [5.41, 5.74) is 0.395. The number of hydrogen-bond donors (Lipinski definition) is 0. The average molecular weight is 294 g/mol. The molecule has 1 aromatic carbocycles. The summed E-state index contributed by atoms with van der Waals surface area (Å²) in [6, 6.07) is 6.81. The molecular weight excluding hydrogens is 282 g/mol. The first kappa shape index (κ1) is 14.3. The largest absolute Gasteiger partial charge is 0.481 e. The van der Waals surface area contributed by atoms with Gasteiger partial charge in [-0.05, 0) is 19.1 Å². The number of ether oxygens (including phenoxy) is 2. The lowest BCUT2D eigenvalue weighted by molar-refractivity contribution is 0.169. The maximum atomic E-state index is 8.80. The van der Waals surface area contributed by atoms with Crippen LogP contribution in [0.15, 0.2) is 22.7 Å². The van der Waals surface area contributed by atoms with Crippen LogP contribution < -0.4 is 4.74 Å². The normalized spacial score (nSPS) is 11.9. The minimum absolute atomic E-state index is 0.277. The predicted molar refractivity (Wildman–Crippen MR) is 70.2 cm³/mol. The van der Waals surface area contributed by atoms with E-state index in [9.17, 15) is 0 Å². The molecule has 7 heteroatoms. The lowest BCUT2D eigenvalue weighted by atomic mass is 10.2. The molecule has 0 spiro atoms. The van der Waals surface area contributed by atoms with Gasteiger partial charge in [-0.25, -0.2) is 0 Å². The monoisotopic (exact) mass is 293 g/mol. The van der Waals surface area contributed by atoms with E-state index in [0.29, 0.717) is 28.1 Å². The molecule has 6 nitrogen and oxygen atoms in total. The molecule has 1 atom stereocenters. The van der Waals surface area contributed by atoms with Gasteiger partial charge in [0.1, 0.15) is 18.4 Å². The smallest absolute Gasteiger partial charge is 0.267 e. The van der Waals surface area contributed by atoms with Gasteiger partial charge in [0, 0.05) is 13.2 Å². The summed E-state index contributed by atoms with van der Waals surface area (Å²) >= 11 is 5.93. The fourth-order valence-corrected chi connectivity index (χ4v) is 1.75. The number of nitrogens with zero attached hydrogens (tertiary/aromatic N) is 3. The molecule has 0 saturated carbocycles. The molecule has 2 aromatic rings. The third kappa shape index (κ3) is 3.26. The lowest BCUT2D eigenvalue weighted by Crippen LogP contribution is -2.04. The Bertz CT molecular complexity index is 636. The Labute approximate surface area is 120 Å². The van der Waals surface area contributed by atoms with Crippen LogP contribution in [0.3, 0.4) is 0 Å². The van der Waals surface area contributed by atoms with Crippen molar-refractivity contribution in [3.63, 3.8) is 0 Å². The number of nitriles is 1. The third-order valence-electron chi connectivity index (χ3n) is 2.48. The third-order valence-corrected chi connectivity index (χ3v) is 2.79. The molecule has 0 unspecified atom stereocenters. The summed E-state index contributed by atoms with van der Waals surface area (Å²) in [5.74, 6) is 1.32. The molecule has 0 aliphatic carbocycles. The molecule has 1 heterocycles. The van der Waals surface area contributed by atoms with E-state index in [4.69, 9.17) is 30.9 Å². The van der Waals surface area contributed by atoms with Crippen molar-refractivity contribution in [2.24, 2.45) is 0 Å². The molecule has 0 fully saturated rings. The molecule has 0 amide bonds. The van der Waals surface area contributed by atoms with Gasteiger partial charge in [0.25, 0.3) is 5.89 Å². The second kappa shape index (κ2) is 6.37. The van der Waals surface area contributed by atoms with E-state index in [0.717, 1.165) is 0 Å². The molecule has 0 aliphatic heterocycles. The van der Waals surface area contributed by atoms with E-state index in [2.05, 4.69) is 10.1 Å². The first-order valence-electron chi connectivity index (χ1n) is 5.81. The number of aromatic nitrogens is 2. The minimum atomic E-state index is -0.433. The summed E-state index contributed by atoms with van der Waals surface area (Å²) in [5, 5.41) is 12.9. The zero-order valence-corrected chi connectivity index (χ0v) is 11.7. The highest BCUT2D eigenvalue weighted by Gasteiger charge is 2.16. The van der Waals surface area contributed by atoms with Gasteiger partial charge in [0.15, 0.2) is 11.9 Å². The van der Waals surface area contributed by atoms with Gasteiger partial charge >= 0.3 is 0 Å². The van der Waals surface area contributed by atoms with Crippen LogP contribution in [0.1, 0.15) is 30.3 Å². The molecule has 0 bridgehead atoms. The summed E-state index contributed by atoms with van der Waals surface area (Å²) in [6.45, 7) is 2.05. The van der Waals surface area contributed by atoms with Gasteiger partial charge in [-0.2, -0.15) is 10.2 Å². The van der Waals surface area contributed by atoms with Crippen LogP contribution in [0.5, 0.6) is 5.75 Å². The molecule has 2 rings (SSSR count). The molecule has 104 valence electrons. The maximum Gasteiger partial charge on any atom is 0.267 e. The fourth-order valence-electron chi connectivity index (χ4n) is 1.53. The second-order valence-electron chi connectivity index (χ2n) is 4.00. The maximum absolute atomic E-state index is 8.80. The van der Waals surface area contributed by atoms with Crippen molar-refractivity contribution in [1.82, 2.24) is 10.1 Å². The average Bonchev–Trinajstić information content (AvgIpc) is 2.88. The van der Waals surface area contributed by atoms with Crippen molar-refractivity contribution >= 4 is 11.6 Å². The predicted octanol–water partition coefficient (Wildman–Crippen LogP) is 2.88. The van der Waals surface area contributed by atoms with Crippen molar-refractivity contribution in [1.29, 1.82) is 5.26 Å². The van der Waals surface area contributed by atoms with E-state index < -0.39 is 6.10 Å². The van der Waals surface area contributed by atoms with Crippen LogP contribution in [0.25, 0.3) is 0 Å². The van der Waals surface area contributed by atoms with Gasteiger partial charge in [0.05, 0.1) is 10.6 Å². The van der Waals surface area contributed by atoms with Crippen molar-refractivity contribution in [2.45, 2.75) is 19.6 Å². The summed E-state index contributed by atoms with van der Waals surface area (Å²) < 4.78 is 15.6. The van der Waals surface area contributed by atoms with Crippen molar-refractivity contribution in [2.75, 3.05) is 7.11 Å². The van der Waals surface area contributed by atoms with E-state index in [1.165, 1.54) is 0 Å². The van der Waals surface area contributed by atoms with E-state index in [1.807, 2.05) is 6.07 Å². The van der Waals surface area contributed by atoms with Crippen molar-refractivity contribution in [3.8, 4) is 11.8 Å². The number of rotatable bonds is 5. The number of halogens is 1. The fraction of sp³-hybridized carbons (Fsp3) is 0.308. The SMILES string of the molecule is COCc1noc([C@H](C)Oc2ccc(C#N)c(Cl)c2)n1.